The van der Waals surface area contributed by atoms with Crippen molar-refractivity contribution in [3.8, 4) is 16.9 Å². The van der Waals surface area contributed by atoms with Crippen LogP contribution in [0.4, 0.5) is 13.2 Å². The summed E-state index contributed by atoms with van der Waals surface area (Å²) in [5, 5.41) is 0.200. The smallest absolute Gasteiger partial charge is 0.450 e. The molecule has 4 rings (SSSR count). The third kappa shape index (κ3) is 3.69. The van der Waals surface area contributed by atoms with Crippen molar-refractivity contribution in [1.82, 2.24) is 0 Å². The molecule has 30 heavy (non-hydrogen) atoms. The Morgan fingerprint density at radius 1 is 1.03 bits per heavy atom. The van der Waals surface area contributed by atoms with Crippen molar-refractivity contribution in [2.45, 2.75) is 6.18 Å². The third-order valence-electron chi connectivity index (χ3n) is 4.19. The van der Waals surface area contributed by atoms with Gasteiger partial charge in [0.15, 0.2) is 0 Å². The SMILES string of the molecule is O=C(Oc1ccc2c(=O)c(-c3ccc(Cl)cc3)c(C(F)(F)F)oc2c1)c1ccco1. The van der Waals surface area contributed by atoms with Gasteiger partial charge in [-0.1, -0.05) is 23.7 Å². The number of esters is 1. The van der Waals surface area contributed by atoms with Crippen LogP contribution in [0, 0.1) is 0 Å². The molecule has 0 aliphatic carbocycles. The molecule has 0 unspecified atom stereocenters. The average molecular weight is 435 g/mol. The van der Waals surface area contributed by atoms with E-state index in [-0.39, 0.29) is 28.0 Å². The number of carbonyl (C=O) groups excluding carboxylic acids is 1. The third-order valence-corrected chi connectivity index (χ3v) is 4.44. The van der Waals surface area contributed by atoms with E-state index in [9.17, 15) is 22.8 Å². The van der Waals surface area contributed by atoms with E-state index in [1.165, 1.54) is 54.8 Å². The van der Waals surface area contributed by atoms with Gasteiger partial charge in [-0.15, -0.1) is 0 Å². The van der Waals surface area contributed by atoms with Gasteiger partial charge in [0.2, 0.25) is 16.9 Å². The topological polar surface area (TPSA) is 69.7 Å². The first kappa shape index (κ1) is 19.8. The molecule has 2 heterocycles. The molecule has 0 N–H and O–H groups in total. The molecule has 0 radical (unpaired) electrons. The molecule has 0 aliphatic heterocycles. The van der Waals surface area contributed by atoms with Gasteiger partial charge in [0.25, 0.3) is 0 Å². The summed E-state index contributed by atoms with van der Waals surface area (Å²) in [6.07, 6.45) is -3.67. The zero-order chi connectivity index (χ0) is 21.5. The predicted octanol–water partition coefficient (Wildman–Crippen LogP) is 5.94. The molecule has 0 atom stereocenters. The van der Waals surface area contributed by atoms with Crippen molar-refractivity contribution >= 4 is 28.5 Å². The van der Waals surface area contributed by atoms with E-state index in [4.69, 9.17) is 25.2 Å². The number of rotatable bonds is 3. The Balaban J connectivity index is 1.86. The standard InChI is InChI=1S/C21H10ClF3O5/c22-12-5-3-11(4-6-12)17-18(26)14-8-7-13(29-20(27)15-2-1-9-28-15)10-16(14)30-19(17)21(23,24)25/h1-10H. The van der Waals surface area contributed by atoms with Crippen LogP contribution in [0.15, 0.2) is 74.5 Å². The van der Waals surface area contributed by atoms with Crippen LogP contribution in [0.3, 0.4) is 0 Å². The largest absolute Gasteiger partial charge is 0.457 e. The highest BCUT2D eigenvalue weighted by molar-refractivity contribution is 6.30. The number of carbonyl (C=O) groups is 1. The molecule has 9 heteroatoms. The van der Waals surface area contributed by atoms with Crippen molar-refractivity contribution in [2.75, 3.05) is 0 Å². The quantitative estimate of drug-likeness (QED) is 0.294. The molecule has 152 valence electrons. The lowest BCUT2D eigenvalue weighted by Crippen LogP contribution is -2.16. The summed E-state index contributed by atoms with van der Waals surface area (Å²) in [5.41, 5.74) is -1.88. The molecule has 5 nitrogen and oxygen atoms in total. The summed E-state index contributed by atoms with van der Waals surface area (Å²) < 4.78 is 56.0. The second-order valence-corrected chi connectivity index (χ2v) is 6.60. The van der Waals surface area contributed by atoms with Gasteiger partial charge in [0.1, 0.15) is 11.3 Å². The Kier molecular flexibility index (Phi) is 4.87. The van der Waals surface area contributed by atoms with Gasteiger partial charge in [-0.05, 0) is 42.0 Å². The number of fused-ring (bicyclic) bond motifs is 1. The summed E-state index contributed by atoms with van der Waals surface area (Å²) in [5.74, 6) is -2.52. The van der Waals surface area contributed by atoms with Gasteiger partial charge in [-0.25, -0.2) is 4.79 Å². The van der Waals surface area contributed by atoms with Crippen LogP contribution in [0.1, 0.15) is 16.3 Å². The molecule has 2 aromatic carbocycles. The first-order valence-electron chi connectivity index (χ1n) is 8.44. The number of halogens is 4. The van der Waals surface area contributed by atoms with E-state index in [1.54, 1.807) is 0 Å². The molecule has 0 amide bonds. The molecule has 0 saturated heterocycles. The maximum absolute atomic E-state index is 13.7. The lowest BCUT2D eigenvalue weighted by molar-refractivity contribution is -0.152. The highest BCUT2D eigenvalue weighted by atomic mass is 35.5. The average Bonchev–Trinajstić information content (AvgIpc) is 3.23. The monoisotopic (exact) mass is 434 g/mol. The Hall–Kier alpha value is -3.52. The number of furan rings is 1. The molecule has 0 spiro atoms. The normalized spacial score (nSPS) is 11.6. The fourth-order valence-corrected chi connectivity index (χ4v) is 2.99. The fraction of sp³-hybridized carbons (Fsp3) is 0.0476. The Labute approximate surface area is 171 Å². The van der Waals surface area contributed by atoms with E-state index in [2.05, 4.69) is 0 Å². The minimum Gasteiger partial charge on any atom is -0.457 e. The minimum absolute atomic E-state index is 0.00991. The van der Waals surface area contributed by atoms with Gasteiger partial charge in [0, 0.05) is 11.1 Å². The van der Waals surface area contributed by atoms with Crippen LogP contribution in [-0.2, 0) is 6.18 Å². The van der Waals surface area contributed by atoms with Crippen LogP contribution in [0.2, 0.25) is 5.02 Å². The number of hydrogen-bond acceptors (Lipinski definition) is 5. The van der Waals surface area contributed by atoms with Crippen molar-refractivity contribution in [1.29, 1.82) is 0 Å². The van der Waals surface area contributed by atoms with E-state index >= 15 is 0 Å². The summed E-state index contributed by atoms with van der Waals surface area (Å²) in [6, 6.07) is 11.7. The lowest BCUT2D eigenvalue weighted by Gasteiger charge is -2.13. The molecule has 0 saturated carbocycles. The summed E-state index contributed by atoms with van der Waals surface area (Å²) in [4.78, 5) is 24.9. The maximum Gasteiger partial charge on any atom is 0.450 e. The molecular formula is C21H10ClF3O5. The molecule has 0 bridgehead atoms. The number of hydrogen-bond donors (Lipinski definition) is 0. The van der Waals surface area contributed by atoms with E-state index < -0.39 is 28.9 Å². The maximum atomic E-state index is 13.7. The number of ether oxygens (including phenoxy) is 1. The highest BCUT2D eigenvalue weighted by Crippen LogP contribution is 2.38. The first-order valence-corrected chi connectivity index (χ1v) is 8.81. The molecule has 2 aromatic heterocycles. The lowest BCUT2D eigenvalue weighted by atomic mass is 10.0. The van der Waals surface area contributed by atoms with E-state index in [0.29, 0.717) is 5.02 Å². The van der Waals surface area contributed by atoms with E-state index in [1.807, 2.05) is 0 Å². The van der Waals surface area contributed by atoms with Crippen LogP contribution in [0.25, 0.3) is 22.1 Å². The summed E-state index contributed by atoms with van der Waals surface area (Å²) >= 11 is 5.79. The van der Waals surface area contributed by atoms with Gasteiger partial charge >= 0.3 is 12.1 Å². The Morgan fingerprint density at radius 3 is 2.40 bits per heavy atom. The number of alkyl halides is 3. The van der Waals surface area contributed by atoms with Crippen molar-refractivity contribution in [3.63, 3.8) is 0 Å². The summed E-state index contributed by atoms with van der Waals surface area (Å²) in [7, 11) is 0. The minimum atomic E-state index is -4.94. The van der Waals surface area contributed by atoms with Gasteiger partial charge in [0.05, 0.1) is 17.2 Å². The highest BCUT2D eigenvalue weighted by Gasteiger charge is 2.39. The molecule has 0 aliphatic rings. The number of benzene rings is 2. The Bertz CT molecular complexity index is 1290. The van der Waals surface area contributed by atoms with Crippen LogP contribution in [-0.4, -0.2) is 5.97 Å². The van der Waals surface area contributed by atoms with Crippen molar-refractivity contribution in [2.24, 2.45) is 0 Å². The van der Waals surface area contributed by atoms with Gasteiger partial charge in [-0.3, -0.25) is 4.79 Å². The van der Waals surface area contributed by atoms with E-state index in [0.717, 1.165) is 6.07 Å². The zero-order valence-corrected chi connectivity index (χ0v) is 15.6. The molecular weight excluding hydrogens is 425 g/mol. The molecule has 4 aromatic rings. The van der Waals surface area contributed by atoms with Crippen LogP contribution < -0.4 is 10.2 Å². The van der Waals surface area contributed by atoms with Gasteiger partial charge < -0.3 is 13.6 Å². The van der Waals surface area contributed by atoms with Crippen LogP contribution in [0.5, 0.6) is 5.75 Å². The van der Waals surface area contributed by atoms with Crippen LogP contribution >= 0.6 is 11.6 Å². The molecule has 0 fully saturated rings. The predicted molar refractivity (Wildman–Crippen MR) is 102 cm³/mol. The second-order valence-electron chi connectivity index (χ2n) is 6.16. The first-order chi connectivity index (χ1) is 14.2. The summed E-state index contributed by atoms with van der Waals surface area (Å²) in [6.45, 7) is 0. The van der Waals surface area contributed by atoms with Gasteiger partial charge in [-0.2, -0.15) is 13.2 Å². The van der Waals surface area contributed by atoms with Crippen molar-refractivity contribution in [3.05, 3.63) is 87.6 Å². The zero-order valence-electron chi connectivity index (χ0n) is 14.8. The fourth-order valence-electron chi connectivity index (χ4n) is 2.87. The Morgan fingerprint density at radius 2 is 1.77 bits per heavy atom. The van der Waals surface area contributed by atoms with Crippen molar-refractivity contribution < 1.29 is 31.5 Å². The second kappa shape index (κ2) is 7.38.